The molecule has 0 saturated carbocycles. The third-order valence-corrected chi connectivity index (χ3v) is 0.830. The Balaban J connectivity index is 2.92. The predicted molar refractivity (Wildman–Crippen MR) is 28.1 cm³/mol. The number of nitrogens with zero attached hydrogens (tertiary/aromatic N) is 3. The van der Waals surface area contributed by atoms with E-state index in [2.05, 4.69) is 10.2 Å². The Bertz CT molecular complexity index is 168. The molecule has 0 unspecified atom stereocenters. The average molecular weight is 113 g/mol. The monoisotopic (exact) mass is 113 g/mol. The third-order valence-electron chi connectivity index (χ3n) is 0.830. The van der Waals surface area contributed by atoms with Gasteiger partial charge in [-0.05, 0) is 0 Å². The number of nitrogen functional groups attached to an aromatic ring is 1. The minimum absolute atomic E-state index is 0.330. The molecule has 1 heterocycles. The van der Waals surface area contributed by atoms with Gasteiger partial charge in [-0.15, -0.1) is 10.2 Å². The van der Waals surface area contributed by atoms with E-state index in [-0.39, 0.29) is 0 Å². The lowest BCUT2D eigenvalue weighted by molar-refractivity contribution is 0.835. The highest BCUT2D eigenvalue weighted by atomic mass is 15.4. The van der Waals surface area contributed by atoms with E-state index in [1.807, 2.05) is 0 Å². The SMILES string of the molecule is NCc1nncn1N. The molecule has 0 aliphatic heterocycles. The zero-order valence-electron chi connectivity index (χ0n) is 4.28. The molecule has 1 aromatic rings. The van der Waals surface area contributed by atoms with Crippen molar-refractivity contribution in [2.75, 3.05) is 5.84 Å². The van der Waals surface area contributed by atoms with Crippen molar-refractivity contribution in [2.24, 2.45) is 5.73 Å². The first-order chi connectivity index (χ1) is 3.84. The smallest absolute Gasteiger partial charge is 0.165 e. The Morgan fingerprint density at radius 2 is 2.50 bits per heavy atom. The van der Waals surface area contributed by atoms with Crippen molar-refractivity contribution in [2.45, 2.75) is 6.54 Å². The standard InChI is InChI=1S/C3H7N5/c4-1-3-7-6-2-8(3)5/h2H,1,4-5H2. The summed E-state index contributed by atoms with van der Waals surface area (Å²) in [6, 6.07) is 0. The lowest BCUT2D eigenvalue weighted by Crippen LogP contribution is -2.14. The number of aromatic nitrogens is 3. The van der Waals surface area contributed by atoms with E-state index in [1.165, 1.54) is 11.0 Å². The Labute approximate surface area is 46.3 Å². The molecular weight excluding hydrogens is 106 g/mol. The van der Waals surface area contributed by atoms with E-state index in [1.54, 1.807) is 0 Å². The van der Waals surface area contributed by atoms with Crippen LogP contribution >= 0.6 is 0 Å². The molecule has 44 valence electrons. The molecule has 0 aliphatic rings. The van der Waals surface area contributed by atoms with Crippen molar-refractivity contribution >= 4 is 0 Å². The van der Waals surface area contributed by atoms with Crippen LogP contribution in [0.1, 0.15) is 5.82 Å². The van der Waals surface area contributed by atoms with Gasteiger partial charge in [0.1, 0.15) is 6.33 Å². The summed E-state index contributed by atoms with van der Waals surface area (Å²) in [7, 11) is 0. The summed E-state index contributed by atoms with van der Waals surface area (Å²) < 4.78 is 1.29. The maximum absolute atomic E-state index is 5.26. The van der Waals surface area contributed by atoms with E-state index in [0.29, 0.717) is 12.4 Å². The summed E-state index contributed by atoms with van der Waals surface area (Å²) in [5.41, 5.74) is 5.19. The van der Waals surface area contributed by atoms with Gasteiger partial charge in [-0.1, -0.05) is 0 Å². The summed E-state index contributed by atoms with van der Waals surface area (Å²) in [4.78, 5) is 0. The van der Waals surface area contributed by atoms with E-state index in [0.717, 1.165) is 0 Å². The molecule has 0 spiro atoms. The second-order valence-electron chi connectivity index (χ2n) is 1.36. The second-order valence-corrected chi connectivity index (χ2v) is 1.36. The van der Waals surface area contributed by atoms with Gasteiger partial charge < -0.3 is 11.6 Å². The van der Waals surface area contributed by atoms with Crippen molar-refractivity contribution in [3.05, 3.63) is 12.2 Å². The van der Waals surface area contributed by atoms with Gasteiger partial charge in [-0.3, -0.25) is 0 Å². The Morgan fingerprint density at radius 1 is 1.75 bits per heavy atom. The van der Waals surface area contributed by atoms with Crippen LogP contribution < -0.4 is 11.6 Å². The normalized spacial score (nSPS) is 9.62. The molecule has 5 nitrogen and oxygen atoms in total. The topological polar surface area (TPSA) is 82.8 Å². The first kappa shape index (κ1) is 5.04. The zero-order chi connectivity index (χ0) is 5.98. The third kappa shape index (κ3) is 0.627. The maximum Gasteiger partial charge on any atom is 0.165 e. The first-order valence-electron chi connectivity index (χ1n) is 2.18. The molecule has 0 aliphatic carbocycles. The van der Waals surface area contributed by atoms with Crippen LogP contribution in [0.3, 0.4) is 0 Å². The first-order valence-corrected chi connectivity index (χ1v) is 2.18. The Kier molecular flexibility index (Phi) is 1.13. The summed E-state index contributed by atoms with van der Waals surface area (Å²) >= 11 is 0. The summed E-state index contributed by atoms with van der Waals surface area (Å²) in [6.45, 7) is 0.330. The number of hydrogen-bond acceptors (Lipinski definition) is 4. The molecule has 0 atom stereocenters. The highest BCUT2D eigenvalue weighted by Crippen LogP contribution is 1.82. The molecule has 0 bridgehead atoms. The highest BCUT2D eigenvalue weighted by Gasteiger charge is 1.93. The van der Waals surface area contributed by atoms with Crippen LogP contribution in [-0.2, 0) is 6.54 Å². The highest BCUT2D eigenvalue weighted by molar-refractivity contribution is 4.82. The van der Waals surface area contributed by atoms with Crippen molar-refractivity contribution in [1.29, 1.82) is 0 Å². The lowest BCUT2D eigenvalue weighted by atomic mass is 10.6. The van der Waals surface area contributed by atoms with Crippen molar-refractivity contribution in [3.8, 4) is 0 Å². The summed E-state index contributed by atoms with van der Waals surface area (Å²) in [6.07, 6.45) is 1.40. The lowest BCUT2D eigenvalue weighted by Gasteiger charge is -1.90. The summed E-state index contributed by atoms with van der Waals surface area (Å²) in [5.74, 6) is 5.85. The van der Waals surface area contributed by atoms with Gasteiger partial charge in [-0.25, -0.2) is 4.68 Å². The quantitative estimate of drug-likeness (QED) is 0.432. The van der Waals surface area contributed by atoms with E-state index >= 15 is 0 Å². The van der Waals surface area contributed by atoms with Crippen LogP contribution in [0.5, 0.6) is 0 Å². The van der Waals surface area contributed by atoms with E-state index < -0.39 is 0 Å². The fraction of sp³-hybridized carbons (Fsp3) is 0.333. The molecule has 0 fully saturated rings. The molecule has 5 heteroatoms. The van der Waals surface area contributed by atoms with E-state index in [9.17, 15) is 0 Å². The Morgan fingerprint density at radius 3 is 2.75 bits per heavy atom. The molecule has 0 aromatic carbocycles. The minimum Gasteiger partial charge on any atom is -0.336 e. The second kappa shape index (κ2) is 1.79. The van der Waals surface area contributed by atoms with Crippen molar-refractivity contribution in [3.63, 3.8) is 0 Å². The fourth-order valence-corrected chi connectivity index (χ4v) is 0.413. The van der Waals surface area contributed by atoms with Crippen LogP contribution in [-0.4, -0.2) is 14.9 Å². The van der Waals surface area contributed by atoms with Crippen LogP contribution in [0.2, 0.25) is 0 Å². The van der Waals surface area contributed by atoms with Gasteiger partial charge in [0.15, 0.2) is 5.82 Å². The van der Waals surface area contributed by atoms with Gasteiger partial charge in [0.2, 0.25) is 0 Å². The molecule has 4 N–H and O–H groups in total. The predicted octanol–water partition coefficient (Wildman–Crippen LogP) is -1.55. The van der Waals surface area contributed by atoms with Gasteiger partial charge in [-0.2, -0.15) is 0 Å². The molecular formula is C3H7N5. The van der Waals surface area contributed by atoms with Gasteiger partial charge >= 0.3 is 0 Å². The molecule has 0 radical (unpaired) electrons. The molecule has 1 rings (SSSR count). The van der Waals surface area contributed by atoms with Crippen LogP contribution in [0, 0.1) is 0 Å². The van der Waals surface area contributed by atoms with Crippen molar-refractivity contribution in [1.82, 2.24) is 14.9 Å². The van der Waals surface area contributed by atoms with Crippen LogP contribution in [0.4, 0.5) is 0 Å². The van der Waals surface area contributed by atoms with E-state index in [4.69, 9.17) is 11.6 Å². The molecule has 0 amide bonds. The molecule has 8 heavy (non-hydrogen) atoms. The van der Waals surface area contributed by atoms with Crippen LogP contribution in [0.15, 0.2) is 6.33 Å². The van der Waals surface area contributed by atoms with Crippen LogP contribution in [0.25, 0.3) is 0 Å². The van der Waals surface area contributed by atoms with Gasteiger partial charge in [0, 0.05) is 0 Å². The number of rotatable bonds is 1. The fourth-order valence-electron chi connectivity index (χ4n) is 0.413. The maximum atomic E-state index is 5.26. The Hall–Kier alpha value is -1.10. The largest absolute Gasteiger partial charge is 0.336 e. The summed E-state index contributed by atoms with van der Waals surface area (Å²) in [5, 5.41) is 7.10. The van der Waals surface area contributed by atoms with Crippen molar-refractivity contribution < 1.29 is 0 Å². The average Bonchev–Trinajstić information content (AvgIpc) is 2.14. The number of hydrogen-bond donors (Lipinski definition) is 2. The van der Waals surface area contributed by atoms with Gasteiger partial charge in [0.05, 0.1) is 6.54 Å². The number of nitrogens with two attached hydrogens (primary N) is 2. The van der Waals surface area contributed by atoms with Gasteiger partial charge in [0.25, 0.3) is 0 Å². The zero-order valence-corrected chi connectivity index (χ0v) is 4.28. The molecule has 0 saturated heterocycles. The molecule has 1 aromatic heterocycles. The minimum atomic E-state index is 0.330.